The Morgan fingerprint density at radius 1 is 1.21 bits per heavy atom. The van der Waals surface area contributed by atoms with Gasteiger partial charge in [0.25, 0.3) is 5.91 Å². The van der Waals surface area contributed by atoms with Gasteiger partial charge < -0.3 is 20.5 Å². The third-order valence-electron chi connectivity index (χ3n) is 4.09. The first-order valence-corrected chi connectivity index (χ1v) is 9.08. The minimum Gasteiger partial charge on any atom is -0.495 e. The number of anilines is 2. The second-order valence-corrected chi connectivity index (χ2v) is 6.33. The number of aromatic nitrogens is 2. The number of rotatable bonds is 6. The van der Waals surface area contributed by atoms with Gasteiger partial charge in [-0.1, -0.05) is 11.6 Å². The van der Waals surface area contributed by atoms with E-state index in [1.54, 1.807) is 49.4 Å². The van der Waals surface area contributed by atoms with E-state index < -0.39 is 5.97 Å². The van der Waals surface area contributed by atoms with Crippen molar-refractivity contribution in [3.63, 3.8) is 0 Å². The Morgan fingerprint density at radius 3 is 2.55 bits per heavy atom. The van der Waals surface area contributed by atoms with E-state index >= 15 is 0 Å². The second-order valence-electron chi connectivity index (χ2n) is 5.93. The Labute approximate surface area is 172 Å². The molecule has 0 aliphatic rings. The van der Waals surface area contributed by atoms with Crippen LogP contribution >= 0.6 is 11.6 Å². The van der Waals surface area contributed by atoms with Gasteiger partial charge in [0.15, 0.2) is 0 Å². The van der Waals surface area contributed by atoms with E-state index in [0.29, 0.717) is 27.7 Å². The number of carbonyl (C=O) groups excluding carboxylic acids is 2. The van der Waals surface area contributed by atoms with Crippen LogP contribution in [-0.4, -0.2) is 35.4 Å². The molecule has 3 rings (SSSR count). The number of methoxy groups -OCH3 is 1. The standard InChI is InChI=1S/C20H19ClN4O4/c1-3-29-20(27)15-11-23-25(18(15)22)14-7-4-12(5-8-14)19(26)24-13-6-9-17(28-2)16(21)10-13/h4-11H,3,22H2,1-2H3,(H,24,26). The summed E-state index contributed by atoms with van der Waals surface area (Å²) in [4.78, 5) is 24.3. The van der Waals surface area contributed by atoms with E-state index in [-0.39, 0.29) is 23.9 Å². The predicted molar refractivity (Wildman–Crippen MR) is 110 cm³/mol. The fourth-order valence-electron chi connectivity index (χ4n) is 2.63. The third-order valence-corrected chi connectivity index (χ3v) is 4.38. The molecule has 3 aromatic rings. The molecule has 0 spiro atoms. The smallest absolute Gasteiger partial charge is 0.343 e. The summed E-state index contributed by atoms with van der Waals surface area (Å²) in [5.74, 6) is -0.162. The number of hydrogen-bond acceptors (Lipinski definition) is 6. The Kier molecular flexibility index (Phi) is 6.04. The van der Waals surface area contributed by atoms with Gasteiger partial charge in [-0.15, -0.1) is 0 Å². The normalized spacial score (nSPS) is 10.4. The molecule has 150 valence electrons. The van der Waals surface area contributed by atoms with Crippen molar-refractivity contribution in [2.24, 2.45) is 0 Å². The van der Waals surface area contributed by atoms with Crippen molar-refractivity contribution in [3.05, 3.63) is 64.8 Å². The SMILES string of the molecule is CCOC(=O)c1cnn(-c2ccc(C(=O)Nc3ccc(OC)c(Cl)c3)cc2)c1N. The van der Waals surface area contributed by atoms with E-state index in [9.17, 15) is 9.59 Å². The van der Waals surface area contributed by atoms with Gasteiger partial charge in [-0.25, -0.2) is 9.48 Å². The minimum atomic E-state index is -0.537. The fraction of sp³-hybridized carbons (Fsp3) is 0.150. The molecule has 0 radical (unpaired) electrons. The van der Waals surface area contributed by atoms with Crippen LogP contribution in [0.25, 0.3) is 5.69 Å². The Hall–Kier alpha value is -3.52. The summed E-state index contributed by atoms with van der Waals surface area (Å²) in [6, 6.07) is 11.6. The molecule has 0 aliphatic heterocycles. The number of nitrogens with zero attached hydrogens (tertiary/aromatic N) is 2. The fourth-order valence-corrected chi connectivity index (χ4v) is 2.89. The van der Waals surface area contributed by atoms with Gasteiger partial charge in [-0.2, -0.15) is 5.10 Å². The van der Waals surface area contributed by atoms with Crippen LogP contribution in [-0.2, 0) is 4.74 Å². The lowest BCUT2D eigenvalue weighted by Gasteiger charge is -2.09. The molecular formula is C20H19ClN4O4. The molecule has 1 heterocycles. The van der Waals surface area contributed by atoms with E-state index in [1.807, 2.05) is 0 Å². The number of benzene rings is 2. The molecule has 0 saturated heterocycles. The zero-order valence-electron chi connectivity index (χ0n) is 15.8. The average Bonchev–Trinajstić information content (AvgIpc) is 3.10. The highest BCUT2D eigenvalue weighted by molar-refractivity contribution is 6.32. The number of nitrogens with two attached hydrogens (primary N) is 1. The van der Waals surface area contributed by atoms with Gasteiger partial charge in [-0.3, -0.25) is 4.79 Å². The molecule has 0 bridgehead atoms. The molecule has 29 heavy (non-hydrogen) atoms. The summed E-state index contributed by atoms with van der Waals surface area (Å²) >= 11 is 6.08. The Bertz CT molecular complexity index is 1050. The Balaban J connectivity index is 1.76. The molecule has 2 aromatic carbocycles. The lowest BCUT2D eigenvalue weighted by Crippen LogP contribution is -2.12. The molecule has 8 nitrogen and oxygen atoms in total. The van der Waals surface area contributed by atoms with Gasteiger partial charge in [0.2, 0.25) is 0 Å². The zero-order chi connectivity index (χ0) is 21.0. The maximum atomic E-state index is 12.5. The first-order valence-electron chi connectivity index (χ1n) is 8.70. The highest BCUT2D eigenvalue weighted by Crippen LogP contribution is 2.27. The maximum absolute atomic E-state index is 12.5. The molecule has 1 amide bonds. The van der Waals surface area contributed by atoms with Crippen LogP contribution in [0.3, 0.4) is 0 Å². The van der Waals surface area contributed by atoms with Crippen molar-refractivity contribution < 1.29 is 19.1 Å². The number of carbonyl (C=O) groups is 2. The zero-order valence-corrected chi connectivity index (χ0v) is 16.6. The van der Waals surface area contributed by atoms with Crippen LogP contribution in [0.15, 0.2) is 48.7 Å². The highest BCUT2D eigenvalue weighted by atomic mass is 35.5. The number of amides is 1. The largest absolute Gasteiger partial charge is 0.495 e. The molecular weight excluding hydrogens is 396 g/mol. The van der Waals surface area contributed by atoms with Crippen molar-refractivity contribution in [1.82, 2.24) is 9.78 Å². The first kappa shape index (κ1) is 20.2. The van der Waals surface area contributed by atoms with E-state index in [2.05, 4.69) is 10.4 Å². The van der Waals surface area contributed by atoms with Gasteiger partial charge in [0.1, 0.15) is 17.1 Å². The summed E-state index contributed by atoms with van der Waals surface area (Å²) in [5.41, 5.74) is 7.76. The summed E-state index contributed by atoms with van der Waals surface area (Å²) in [6.45, 7) is 1.95. The third kappa shape index (κ3) is 4.33. The van der Waals surface area contributed by atoms with Crippen LogP contribution in [0.2, 0.25) is 5.02 Å². The predicted octanol–water partition coefficient (Wildman–Crippen LogP) is 3.55. The van der Waals surface area contributed by atoms with Crippen molar-refractivity contribution in [2.45, 2.75) is 6.92 Å². The number of nitrogens with one attached hydrogen (secondary N) is 1. The van der Waals surface area contributed by atoms with E-state index in [1.165, 1.54) is 18.0 Å². The Morgan fingerprint density at radius 2 is 1.93 bits per heavy atom. The monoisotopic (exact) mass is 414 g/mol. The summed E-state index contributed by atoms with van der Waals surface area (Å²) in [5, 5.41) is 7.28. The molecule has 0 unspecified atom stereocenters. The van der Waals surface area contributed by atoms with Crippen LogP contribution in [0.1, 0.15) is 27.6 Å². The molecule has 1 aromatic heterocycles. The molecule has 0 fully saturated rings. The average molecular weight is 415 g/mol. The second kappa shape index (κ2) is 8.66. The number of nitrogen functional groups attached to an aromatic ring is 1. The van der Waals surface area contributed by atoms with E-state index in [4.69, 9.17) is 26.8 Å². The van der Waals surface area contributed by atoms with Crippen molar-refractivity contribution in [3.8, 4) is 11.4 Å². The maximum Gasteiger partial charge on any atom is 0.343 e. The molecule has 3 N–H and O–H groups in total. The lowest BCUT2D eigenvalue weighted by molar-refractivity contribution is 0.0527. The number of esters is 1. The molecule has 0 saturated carbocycles. The quantitative estimate of drug-likeness (QED) is 0.597. The number of ether oxygens (including phenoxy) is 2. The van der Waals surface area contributed by atoms with E-state index in [0.717, 1.165) is 0 Å². The summed E-state index contributed by atoms with van der Waals surface area (Å²) < 4.78 is 11.4. The summed E-state index contributed by atoms with van der Waals surface area (Å²) in [7, 11) is 1.52. The van der Waals surface area contributed by atoms with Crippen molar-refractivity contribution in [2.75, 3.05) is 24.8 Å². The number of hydrogen-bond donors (Lipinski definition) is 2. The molecule has 9 heteroatoms. The van der Waals surface area contributed by atoms with Gasteiger partial charge in [-0.05, 0) is 49.4 Å². The van der Waals surface area contributed by atoms with Crippen LogP contribution in [0.5, 0.6) is 5.75 Å². The highest BCUT2D eigenvalue weighted by Gasteiger charge is 2.17. The van der Waals surface area contributed by atoms with Crippen molar-refractivity contribution in [1.29, 1.82) is 0 Å². The van der Waals surface area contributed by atoms with Crippen LogP contribution in [0.4, 0.5) is 11.5 Å². The van der Waals surface area contributed by atoms with Crippen molar-refractivity contribution >= 4 is 35.0 Å². The van der Waals surface area contributed by atoms with Gasteiger partial charge >= 0.3 is 5.97 Å². The number of halogens is 1. The topological polar surface area (TPSA) is 108 Å². The van der Waals surface area contributed by atoms with Gasteiger partial charge in [0.05, 0.1) is 30.6 Å². The molecule has 0 atom stereocenters. The summed E-state index contributed by atoms with van der Waals surface area (Å²) in [6.07, 6.45) is 1.35. The first-order chi connectivity index (χ1) is 13.9. The minimum absolute atomic E-state index is 0.161. The van der Waals surface area contributed by atoms with Crippen LogP contribution in [0, 0.1) is 0 Å². The van der Waals surface area contributed by atoms with Crippen LogP contribution < -0.4 is 15.8 Å². The lowest BCUT2D eigenvalue weighted by atomic mass is 10.2. The molecule has 0 aliphatic carbocycles. The van der Waals surface area contributed by atoms with Gasteiger partial charge in [0, 0.05) is 11.3 Å².